The molecule has 0 radical (unpaired) electrons. The van der Waals surface area contributed by atoms with Crippen molar-refractivity contribution in [3.8, 4) is 0 Å². The van der Waals surface area contributed by atoms with Crippen molar-refractivity contribution in [3.05, 3.63) is 21.5 Å². The number of nitrogens with two attached hydrogens (primary N) is 1. The molecular weight excluding hydrogens is 348 g/mol. The van der Waals surface area contributed by atoms with Gasteiger partial charge < -0.3 is 0 Å². The molecule has 9 heteroatoms. The molecule has 1 aromatic heterocycles. The van der Waals surface area contributed by atoms with Crippen molar-refractivity contribution >= 4 is 32.6 Å². The van der Waals surface area contributed by atoms with Gasteiger partial charge >= 0.3 is 6.18 Å². The van der Waals surface area contributed by atoms with Gasteiger partial charge in [-0.15, -0.1) is 0 Å². The number of sulfonamides is 1. The molecule has 0 aliphatic carbocycles. The standard InChI is InChI=1S/C6H4F3IN2O2S/c7-6(8,9)3-2-12-5(10)1-4(3)15(11,13)14/h1-2H,(H2,11,13,14). The Morgan fingerprint density at radius 1 is 1.40 bits per heavy atom. The average molecular weight is 352 g/mol. The van der Waals surface area contributed by atoms with E-state index in [4.69, 9.17) is 0 Å². The number of hydrogen-bond donors (Lipinski definition) is 1. The van der Waals surface area contributed by atoms with Crippen LogP contribution in [0.5, 0.6) is 0 Å². The highest BCUT2D eigenvalue weighted by molar-refractivity contribution is 14.1. The first-order valence-corrected chi connectivity index (χ1v) is 6.00. The van der Waals surface area contributed by atoms with Crippen LogP contribution in [0, 0.1) is 3.70 Å². The fourth-order valence-electron chi connectivity index (χ4n) is 0.861. The van der Waals surface area contributed by atoms with Crippen molar-refractivity contribution in [2.75, 3.05) is 0 Å². The molecule has 1 heterocycles. The summed E-state index contributed by atoms with van der Waals surface area (Å²) < 4.78 is 59.0. The maximum absolute atomic E-state index is 12.3. The van der Waals surface area contributed by atoms with Gasteiger partial charge in [-0.05, 0) is 28.7 Å². The fraction of sp³-hybridized carbons (Fsp3) is 0.167. The minimum absolute atomic E-state index is 0.115. The van der Waals surface area contributed by atoms with Gasteiger partial charge in [0, 0.05) is 6.20 Å². The van der Waals surface area contributed by atoms with Crippen LogP contribution in [0.3, 0.4) is 0 Å². The summed E-state index contributed by atoms with van der Waals surface area (Å²) in [5.74, 6) is 0. The molecule has 2 N–H and O–H groups in total. The number of aromatic nitrogens is 1. The minimum Gasteiger partial charge on any atom is -0.250 e. The van der Waals surface area contributed by atoms with Crippen LogP contribution in [0.1, 0.15) is 5.56 Å². The summed E-state index contributed by atoms with van der Waals surface area (Å²) in [5.41, 5.74) is -1.36. The summed E-state index contributed by atoms with van der Waals surface area (Å²) in [6, 6.07) is 0.777. The zero-order chi connectivity index (χ0) is 11.9. The van der Waals surface area contributed by atoms with Gasteiger partial charge in [-0.25, -0.2) is 18.5 Å². The van der Waals surface area contributed by atoms with Gasteiger partial charge in [0.25, 0.3) is 0 Å². The molecular formula is C6H4F3IN2O2S. The molecule has 84 valence electrons. The molecule has 0 spiro atoms. The molecule has 0 amide bonds. The zero-order valence-electron chi connectivity index (χ0n) is 6.92. The van der Waals surface area contributed by atoms with Gasteiger partial charge in [-0.3, -0.25) is 0 Å². The Morgan fingerprint density at radius 3 is 2.33 bits per heavy atom. The molecule has 0 aromatic carbocycles. The van der Waals surface area contributed by atoms with Crippen molar-refractivity contribution in [3.63, 3.8) is 0 Å². The van der Waals surface area contributed by atoms with E-state index in [9.17, 15) is 21.6 Å². The number of alkyl halides is 3. The first-order valence-electron chi connectivity index (χ1n) is 3.38. The number of hydrogen-bond acceptors (Lipinski definition) is 3. The second-order valence-electron chi connectivity index (χ2n) is 2.55. The molecule has 0 fully saturated rings. The van der Waals surface area contributed by atoms with Crippen LogP contribution in [0.2, 0.25) is 0 Å². The lowest BCUT2D eigenvalue weighted by Gasteiger charge is -2.10. The van der Waals surface area contributed by atoms with Gasteiger partial charge in [0.2, 0.25) is 10.0 Å². The number of nitrogens with zero attached hydrogens (tertiary/aromatic N) is 1. The molecule has 0 saturated carbocycles. The summed E-state index contributed by atoms with van der Waals surface area (Å²) in [4.78, 5) is 2.40. The Kier molecular flexibility index (Phi) is 3.26. The van der Waals surface area contributed by atoms with E-state index in [0.29, 0.717) is 6.20 Å². The van der Waals surface area contributed by atoms with Gasteiger partial charge in [0.1, 0.15) is 3.70 Å². The van der Waals surface area contributed by atoms with Crippen LogP contribution in [-0.4, -0.2) is 13.4 Å². The van der Waals surface area contributed by atoms with E-state index in [1.165, 1.54) is 0 Å². The van der Waals surface area contributed by atoms with Crippen LogP contribution in [-0.2, 0) is 16.2 Å². The predicted octanol–water partition coefficient (Wildman–Crippen LogP) is 1.35. The molecule has 0 atom stereocenters. The fourth-order valence-corrected chi connectivity index (χ4v) is 2.27. The van der Waals surface area contributed by atoms with Crippen molar-refractivity contribution in [1.29, 1.82) is 0 Å². The molecule has 15 heavy (non-hydrogen) atoms. The topological polar surface area (TPSA) is 73.1 Å². The number of halogens is 4. The van der Waals surface area contributed by atoms with E-state index in [1.807, 2.05) is 0 Å². The van der Waals surface area contributed by atoms with E-state index in [2.05, 4.69) is 10.1 Å². The third-order valence-electron chi connectivity index (χ3n) is 1.44. The van der Waals surface area contributed by atoms with E-state index in [-0.39, 0.29) is 3.70 Å². The predicted molar refractivity (Wildman–Crippen MR) is 53.3 cm³/mol. The van der Waals surface area contributed by atoms with Crippen LogP contribution >= 0.6 is 22.6 Å². The van der Waals surface area contributed by atoms with E-state index in [0.717, 1.165) is 6.07 Å². The zero-order valence-corrected chi connectivity index (χ0v) is 9.89. The Labute approximate surface area is 96.9 Å². The minimum atomic E-state index is -4.79. The Morgan fingerprint density at radius 2 is 1.93 bits per heavy atom. The summed E-state index contributed by atoms with van der Waals surface area (Å²) in [5, 5.41) is 4.66. The van der Waals surface area contributed by atoms with Crippen LogP contribution in [0.25, 0.3) is 0 Å². The molecule has 0 aliphatic heterocycles. The van der Waals surface area contributed by atoms with Crippen molar-refractivity contribution < 1.29 is 21.6 Å². The van der Waals surface area contributed by atoms with Gasteiger partial charge in [0.15, 0.2) is 0 Å². The normalized spacial score (nSPS) is 12.9. The van der Waals surface area contributed by atoms with Gasteiger partial charge in [0.05, 0.1) is 10.5 Å². The van der Waals surface area contributed by atoms with Crippen molar-refractivity contribution in [2.45, 2.75) is 11.1 Å². The first kappa shape index (κ1) is 12.6. The highest BCUT2D eigenvalue weighted by Crippen LogP contribution is 2.33. The second-order valence-corrected chi connectivity index (χ2v) is 5.18. The molecule has 0 bridgehead atoms. The molecule has 0 saturated heterocycles. The first-order chi connectivity index (χ1) is 6.62. The van der Waals surface area contributed by atoms with E-state index in [1.54, 1.807) is 22.6 Å². The quantitative estimate of drug-likeness (QED) is 0.613. The maximum atomic E-state index is 12.3. The lowest BCUT2D eigenvalue weighted by molar-refractivity contribution is -0.140. The number of primary sulfonamides is 1. The Hall–Kier alpha value is -0.420. The Balaban J connectivity index is 3.55. The van der Waals surface area contributed by atoms with E-state index >= 15 is 0 Å². The van der Waals surface area contributed by atoms with Gasteiger partial charge in [-0.1, -0.05) is 0 Å². The molecule has 1 aromatic rings. The average Bonchev–Trinajstić information content (AvgIpc) is 2.00. The number of rotatable bonds is 1. The van der Waals surface area contributed by atoms with Crippen LogP contribution in [0.4, 0.5) is 13.2 Å². The monoisotopic (exact) mass is 352 g/mol. The number of pyridine rings is 1. The highest BCUT2D eigenvalue weighted by atomic mass is 127. The largest absolute Gasteiger partial charge is 0.419 e. The molecule has 0 unspecified atom stereocenters. The third kappa shape index (κ3) is 3.01. The van der Waals surface area contributed by atoms with Gasteiger partial charge in [-0.2, -0.15) is 13.2 Å². The summed E-state index contributed by atoms with van der Waals surface area (Å²) in [6.45, 7) is 0. The van der Waals surface area contributed by atoms with Crippen LogP contribution in [0.15, 0.2) is 17.2 Å². The SMILES string of the molecule is NS(=O)(=O)c1cc(I)ncc1C(F)(F)F. The summed E-state index contributed by atoms with van der Waals surface area (Å²) in [7, 11) is -4.40. The second kappa shape index (κ2) is 3.87. The van der Waals surface area contributed by atoms with Crippen molar-refractivity contribution in [2.24, 2.45) is 5.14 Å². The van der Waals surface area contributed by atoms with Crippen LogP contribution < -0.4 is 5.14 Å². The lowest BCUT2D eigenvalue weighted by atomic mass is 10.3. The third-order valence-corrected chi connectivity index (χ3v) is 2.99. The lowest BCUT2D eigenvalue weighted by Crippen LogP contribution is -2.19. The van der Waals surface area contributed by atoms with E-state index < -0.39 is 26.7 Å². The summed E-state index contributed by atoms with van der Waals surface area (Å²) in [6.07, 6.45) is -4.35. The Bertz CT molecular complexity index is 486. The molecule has 0 aliphatic rings. The molecule has 4 nitrogen and oxygen atoms in total. The maximum Gasteiger partial charge on any atom is 0.419 e. The summed E-state index contributed by atoms with van der Waals surface area (Å²) >= 11 is 1.59. The highest BCUT2D eigenvalue weighted by Gasteiger charge is 2.36. The van der Waals surface area contributed by atoms with Crippen molar-refractivity contribution in [1.82, 2.24) is 4.98 Å². The molecule has 1 rings (SSSR count). The smallest absolute Gasteiger partial charge is 0.250 e.